The zero-order valence-electron chi connectivity index (χ0n) is 10.2. The smallest absolute Gasteiger partial charge is 0.240 e. The number of halogens is 1. The van der Waals surface area contributed by atoms with Gasteiger partial charge in [0.25, 0.3) is 0 Å². The lowest BCUT2D eigenvalue weighted by Crippen LogP contribution is -2.28. The maximum atomic E-state index is 12.0. The molecule has 0 unspecified atom stereocenters. The highest BCUT2D eigenvalue weighted by Crippen LogP contribution is 2.32. The standard InChI is InChI=1S/C12H17BrN2O2S/c1-14-18(16,17)12-3-2-10(13)8-11(12)9-4-6-15-7-5-9/h2-3,8-9,14-15H,4-7H2,1H3. The van der Waals surface area contributed by atoms with Crippen LogP contribution in [0.2, 0.25) is 0 Å². The van der Waals surface area contributed by atoms with E-state index in [1.165, 1.54) is 7.05 Å². The van der Waals surface area contributed by atoms with E-state index in [-0.39, 0.29) is 0 Å². The number of rotatable bonds is 3. The first-order valence-corrected chi connectivity index (χ1v) is 8.26. The van der Waals surface area contributed by atoms with Crippen molar-refractivity contribution in [1.82, 2.24) is 10.0 Å². The Kier molecular flexibility index (Phi) is 4.42. The van der Waals surface area contributed by atoms with Crippen LogP contribution in [0.25, 0.3) is 0 Å². The summed E-state index contributed by atoms with van der Waals surface area (Å²) >= 11 is 3.42. The predicted molar refractivity (Wildman–Crippen MR) is 75.2 cm³/mol. The third-order valence-electron chi connectivity index (χ3n) is 3.31. The Morgan fingerprint density at radius 1 is 1.33 bits per heavy atom. The molecule has 4 nitrogen and oxygen atoms in total. The monoisotopic (exact) mass is 332 g/mol. The summed E-state index contributed by atoms with van der Waals surface area (Å²) in [5, 5.41) is 3.29. The average molecular weight is 333 g/mol. The first-order chi connectivity index (χ1) is 8.54. The summed E-state index contributed by atoms with van der Waals surface area (Å²) in [6, 6.07) is 5.38. The van der Waals surface area contributed by atoms with Gasteiger partial charge in [-0.3, -0.25) is 0 Å². The maximum absolute atomic E-state index is 12.0. The van der Waals surface area contributed by atoms with Gasteiger partial charge >= 0.3 is 0 Å². The van der Waals surface area contributed by atoms with Crippen LogP contribution in [-0.4, -0.2) is 28.6 Å². The molecular weight excluding hydrogens is 316 g/mol. The van der Waals surface area contributed by atoms with Crippen molar-refractivity contribution in [2.45, 2.75) is 23.7 Å². The molecule has 6 heteroatoms. The molecule has 0 saturated carbocycles. The van der Waals surface area contributed by atoms with Crippen molar-refractivity contribution in [3.63, 3.8) is 0 Å². The van der Waals surface area contributed by atoms with Crippen molar-refractivity contribution in [3.8, 4) is 0 Å². The summed E-state index contributed by atoms with van der Waals surface area (Å²) in [4.78, 5) is 0.403. The predicted octanol–water partition coefficient (Wildman–Crippen LogP) is 1.82. The van der Waals surface area contributed by atoms with Crippen LogP contribution in [0, 0.1) is 0 Å². The van der Waals surface area contributed by atoms with Crippen LogP contribution in [0.15, 0.2) is 27.6 Å². The van der Waals surface area contributed by atoms with E-state index in [1.54, 1.807) is 12.1 Å². The molecule has 1 saturated heterocycles. The van der Waals surface area contributed by atoms with Gasteiger partial charge < -0.3 is 5.32 Å². The zero-order valence-corrected chi connectivity index (χ0v) is 12.6. The minimum Gasteiger partial charge on any atom is -0.317 e. The van der Waals surface area contributed by atoms with Crippen LogP contribution in [0.5, 0.6) is 0 Å². The van der Waals surface area contributed by atoms with E-state index in [2.05, 4.69) is 26.0 Å². The Bertz CT molecular complexity index is 525. The molecule has 0 spiro atoms. The van der Waals surface area contributed by atoms with E-state index >= 15 is 0 Å². The molecule has 2 rings (SSSR count). The summed E-state index contributed by atoms with van der Waals surface area (Å²) in [6.07, 6.45) is 1.95. The molecule has 1 aromatic carbocycles. The number of hydrogen-bond acceptors (Lipinski definition) is 3. The maximum Gasteiger partial charge on any atom is 0.240 e. The lowest BCUT2D eigenvalue weighted by Gasteiger charge is -2.25. The second-order valence-electron chi connectivity index (χ2n) is 4.41. The third kappa shape index (κ3) is 2.93. The van der Waals surface area contributed by atoms with Crippen LogP contribution in [0.3, 0.4) is 0 Å². The first kappa shape index (κ1) is 14.0. The van der Waals surface area contributed by atoms with Gasteiger partial charge in [0.15, 0.2) is 0 Å². The molecular formula is C12H17BrN2O2S. The second-order valence-corrected chi connectivity index (χ2v) is 7.18. The quantitative estimate of drug-likeness (QED) is 0.887. The van der Waals surface area contributed by atoms with Crippen molar-refractivity contribution in [3.05, 3.63) is 28.2 Å². The fourth-order valence-electron chi connectivity index (χ4n) is 2.33. The van der Waals surface area contributed by atoms with Crippen LogP contribution in [-0.2, 0) is 10.0 Å². The van der Waals surface area contributed by atoms with Gasteiger partial charge in [0.1, 0.15) is 0 Å². The van der Waals surface area contributed by atoms with Gasteiger partial charge in [-0.2, -0.15) is 0 Å². The minimum absolute atomic E-state index is 0.307. The SMILES string of the molecule is CNS(=O)(=O)c1ccc(Br)cc1C1CCNCC1. The molecule has 18 heavy (non-hydrogen) atoms. The van der Waals surface area contributed by atoms with Crippen LogP contribution < -0.4 is 10.0 Å². The van der Waals surface area contributed by atoms with Gasteiger partial charge in [0.05, 0.1) is 4.90 Å². The first-order valence-electron chi connectivity index (χ1n) is 5.98. The van der Waals surface area contributed by atoms with E-state index < -0.39 is 10.0 Å². The molecule has 2 N–H and O–H groups in total. The third-order valence-corrected chi connectivity index (χ3v) is 5.29. The fourth-order valence-corrected chi connectivity index (χ4v) is 3.71. The van der Waals surface area contributed by atoms with Gasteiger partial charge in [-0.25, -0.2) is 13.1 Å². The van der Waals surface area contributed by atoms with E-state index in [0.29, 0.717) is 10.8 Å². The van der Waals surface area contributed by atoms with Gasteiger partial charge in [-0.05, 0) is 62.7 Å². The van der Waals surface area contributed by atoms with Crippen molar-refractivity contribution in [1.29, 1.82) is 0 Å². The molecule has 1 aliphatic rings. The summed E-state index contributed by atoms with van der Waals surface area (Å²) in [7, 11) is -1.94. The summed E-state index contributed by atoms with van der Waals surface area (Å²) in [6.45, 7) is 1.88. The zero-order chi connectivity index (χ0) is 13.2. The topological polar surface area (TPSA) is 58.2 Å². The van der Waals surface area contributed by atoms with Gasteiger partial charge in [-0.15, -0.1) is 0 Å². The molecule has 1 aromatic rings. The van der Waals surface area contributed by atoms with Gasteiger partial charge in [0.2, 0.25) is 10.0 Å². The molecule has 1 fully saturated rings. The fraction of sp³-hybridized carbons (Fsp3) is 0.500. The Hall–Kier alpha value is -0.430. The highest BCUT2D eigenvalue weighted by Gasteiger charge is 2.24. The summed E-state index contributed by atoms with van der Waals surface area (Å²) < 4.78 is 27.4. The van der Waals surface area contributed by atoms with Crippen molar-refractivity contribution in [2.75, 3.05) is 20.1 Å². The minimum atomic E-state index is -3.39. The summed E-state index contributed by atoms with van der Waals surface area (Å²) in [5.74, 6) is 0.307. The van der Waals surface area contributed by atoms with Crippen LogP contribution in [0.1, 0.15) is 24.3 Å². The van der Waals surface area contributed by atoms with E-state index in [0.717, 1.165) is 36.0 Å². The van der Waals surface area contributed by atoms with E-state index in [1.807, 2.05) is 6.07 Å². The number of nitrogens with one attached hydrogen (secondary N) is 2. The summed E-state index contributed by atoms with van der Waals surface area (Å²) in [5.41, 5.74) is 0.917. The molecule has 1 heterocycles. The van der Waals surface area contributed by atoms with Crippen molar-refractivity contribution >= 4 is 26.0 Å². The molecule has 0 bridgehead atoms. The van der Waals surface area contributed by atoms with E-state index in [4.69, 9.17) is 0 Å². The second kappa shape index (κ2) is 5.69. The van der Waals surface area contributed by atoms with Gasteiger partial charge in [-0.1, -0.05) is 15.9 Å². The highest BCUT2D eigenvalue weighted by molar-refractivity contribution is 9.10. The van der Waals surface area contributed by atoms with Crippen LogP contribution in [0.4, 0.5) is 0 Å². The normalized spacial score (nSPS) is 17.9. The Balaban J connectivity index is 2.46. The van der Waals surface area contributed by atoms with Gasteiger partial charge in [0, 0.05) is 4.47 Å². The lowest BCUT2D eigenvalue weighted by atomic mass is 9.90. The molecule has 1 aliphatic heterocycles. The Morgan fingerprint density at radius 2 is 2.00 bits per heavy atom. The lowest BCUT2D eigenvalue weighted by molar-refractivity contribution is 0.454. The largest absolute Gasteiger partial charge is 0.317 e. The van der Waals surface area contributed by atoms with E-state index in [9.17, 15) is 8.42 Å². The number of piperidine rings is 1. The highest BCUT2D eigenvalue weighted by atomic mass is 79.9. The number of benzene rings is 1. The molecule has 0 amide bonds. The molecule has 0 aromatic heterocycles. The Labute approximate surface area is 116 Å². The number of hydrogen-bond donors (Lipinski definition) is 2. The molecule has 0 atom stereocenters. The van der Waals surface area contributed by atoms with Crippen molar-refractivity contribution < 1.29 is 8.42 Å². The molecule has 0 radical (unpaired) electrons. The number of sulfonamides is 1. The average Bonchev–Trinajstić information content (AvgIpc) is 2.39. The van der Waals surface area contributed by atoms with Crippen molar-refractivity contribution in [2.24, 2.45) is 0 Å². The van der Waals surface area contributed by atoms with Crippen LogP contribution >= 0.6 is 15.9 Å². The Morgan fingerprint density at radius 3 is 2.61 bits per heavy atom. The molecule has 0 aliphatic carbocycles. The molecule has 100 valence electrons.